The van der Waals surface area contributed by atoms with E-state index in [1.54, 1.807) is 5.51 Å². The fourth-order valence-corrected chi connectivity index (χ4v) is 3.75. The lowest BCUT2D eigenvalue weighted by molar-refractivity contribution is 0.244. The third-order valence-corrected chi connectivity index (χ3v) is 4.91. The van der Waals surface area contributed by atoms with Crippen LogP contribution in [-0.2, 0) is 13.6 Å². The van der Waals surface area contributed by atoms with Crippen molar-refractivity contribution in [3.8, 4) is 0 Å². The molecule has 3 aromatic rings. The van der Waals surface area contributed by atoms with E-state index < -0.39 is 0 Å². The first-order chi connectivity index (χ1) is 12.2. The monoisotopic (exact) mass is 356 g/mol. The lowest BCUT2D eigenvalue weighted by Gasteiger charge is -2.24. The first-order valence-electron chi connectivity index (χ1n) is 8.28. The van der Waals surface area contributed by atoms with Gasteiger partial charge in [0.1, 0.15) is 17.2 Å². The predicted octanol–water partition coefficient (Wildman–Crippen LogP) is 2.45. The summed E-state index contributed by atoms with van der Waals surface area (Å²) >= 11 is 1.45. The van der Waals surface area contributed by atoms with Gasteiger partial charge in [-0.1, -0.05) is 11.3 Å². The maximum Gasteiger partial charge on any atom is 0.210 e. The summed E-state index contributed by atoms with van der Waals surface area (Å²) in [6.07, 6.45) is 6.29. The molecule has 3 aromatic heterocycles. The van der Waals surface area contributed by atoms with E-state index in [0.717, 1.165) is 42.0 Å². The molecule has 1 saturated heterocycles. The molecule has 4 rings (SSSR count). The molecule has 1 atom stereocenters. The van der Waals surface area contributed by atoms with Gasteiger partial charge in [-0.2, -0.15) is 5.10 Å². The van der Waals surface area contributed by atoms with Crippen LogP contribution >= 0.6 is 11.3 Å². The predicted molar refractivity (Wildman–Crippen MR) is 95.6 cm³/mol. The Morgan fingerprint density at radius 3 is 3.04 bits per heavy atom. The fourth-order valence-electron chi connectivity index (χ4n) is 3.30. The third kappa shape index (κ3) is 3.67. The van der Waals surface area contributed by atoms with Crippen LogP contribution in [0.2, 0.25) is 0 Å². The van der Waals surface area contributed by atoms with Crippen molar-refractivity contribution >= 4 is 22.3 Å². The van der Waals surface area contributed by atoms with Gasteiger partial charge in [0.2, 0.25) is 5.13 Å². The van der Waals surface area contributed by atoms with Crippen molar-refractivity contribution in [1.82, 2.24) is 34.8 Å². The molecule has 0 unspecified atom stereocenters. The lowest BCUT2D eigenvalue weighted by Crippen LogP contribution is -2.23. The summed E-state index contributed by atoms with van der Waals surface area (Å²) in [6.45, 7) is 3.89. The van der Waals surface area contributed by atoms with Gasteiger partial charge in [-0.25, -0.2) is 9.97 Å². The first-order valence-corrected chi connectivity index (χ1v) is 9.16. The maximum atomic E-state index is 4.70. The first kappa shape index (κ1) is 16.1. The topological polar surface area (TPSA) is 84.7 Å². The Morgan fingerprint density at radius 1 is 1.36 bits per heavy atom. The molecule has 130 valence electrons. The quantitative estimate of drug-likeness (QED) is 0.751. The summed E-state index contributed by atoms with van der Waals surface area (Å²) in [6, 6.07) is 2.33. The van der Waals surface area contributed by atoms with E-state index in [-0.39, 0.29) is 0 Å². The molecule has 4 heterocycles. The zero-order chi connectivity index (χ0) is 17.2. The Morgan fingerprint density at radius 2 is 2.28 bits per heavy atom. The fraction of sp³-hybridized carbons (Fsp3) is 0.438. The number of nitrogens with one attached hydrogen (secondary N) is 1. The van der Waals surface area contributed by atoms with E-state index in [1.807, 2.05) is 30.9 Å². The number of nitrogens with zero attached hydrogens (tertiary/aromatic N) is 7. The molecule has 0 saturated carbocycles. The summed E-state index contributed by atoms with van der Waals surface area (Å²) in [7, 11) is 1.95. The molecule has 0 spiro atoms. The van der Waals surface area contributed by atoms with Crippen LogP contribution in [0.25, 0.3) is 0 Å². The Labute approximate surface area is 149 Å². The minimum atomic E-state index is 0.303. The zero-order valence-electron chi connectivity index (χ0n) is 14.3. The van der Waals surface area contributed by atoms with Crippen LogP contribution in [0.15, 0.2) is 24.0 Å². The SMILES string of the molecule is Cc1nc(Nc2nncs2)cc([C@H]2CCCN2Cc2cnn(C)c2)n1. The van der Waals surface area contributed by atoms with Crippen LogP contribution in [0.1, 0.15) is 36.0 Å². The summed E-state index contributed by atoms with van der Waals surface area (Å²) in [5, 5.41) is 16.1. The van der Waals surface area contributed by atoms with Crippen LogP contribution in [0.3, 0.4) is 0 Å². The number of hydrogen-bond acceptors (Lipinski definition) is 8. The van der Waals surface area contributed by atoms with Gasteiger partial charge in [-0.05, 0) is 26.3 Å². The van der Waals surface area contributed by atoms with Crippen LogP contribution in [-0.4, -0.2) is 41.4 Å². The Kier molecular flexibility index (Phi) is 4.41. The molecule has 0 bridgehead atoms. The highest BCUT2D eigenvalue weighted by Crippen LogP contribution is 2.33. The summed E-state index contributed by atoms with van der Waals surface area (Å²) < 4.78 is 1.85. The average molecular weight is 356 g/mol. The zero-order valence-corrected chi connectivity index (χ0v) is 15.1. The van der Waals surface area contributed by atoms with E-state index >= 15 is 0 Å². The Bertz CT molecular complexity index is 844. The van der Waals surface area contributed by atoms with Crippen LogP contribution in [0, 0.1) is 6.92 Å². The van der Waals surface area contributed by atoms with E-state index in [1.165, 1.54) is 23.3 Å². The van der Waals surface area contributed by atoms with Gasteiger partial charge in [0.15, 0.2) is 0 Å². The largest absolute Gasteiger partial charge is 0.315 e. The maximum absolute atomic E-state index is 4.70. The number of rotatable bonds is 5. The van der Waals surface area contributed by atoms with Gasteiger partial charge < -0.3 is 5.32 Å². The van der Waals surface area contributed by atoms with Crippen molar-refractivity contribution in [2.24, 2.45) is 7.05 Å². The van der Waals surface area contributed by atoms with E-state index in [2.05, 4.69) is 36.7 Å². The lowest BCUT2D eigenvalue weighted by atomic mass is 10.1. The van der Waals surface area contributed by atoms with Crippen molar-refractivity contribution < 1.29 is 0 Å². The molecule has 1 fully saturated rings. The van der Waals surface area contributed by atoms with E-state index in [0.29, 0.717) is 6.04 Å². The molecule has 9 heteroatoms. The highest BCUT2D eigenvalue weighted by atomic mass is 32.1. The van der Waals surface area contributed by atoms with Gasteiger partial charge in [-0.3, -0.25) is 9.58 Å². The number of likely N-dealkylation sites (tertiary alicyclic amines) is 1. The van der Waals surface area contributed by atoms with Crippen molar-refractivity contribution in [1.29, 1.82) is 0 Å². The minimum Gasteiger partial charge on any atom is -0.315 e. The minimum absolute atomic E-state index is 0.303. The van der Waals surface area contributed by atoms with Crippen molar-refractivity contribution in [2.75, 3.05) is 11.9 Å². The molecule has 1 aliphatic rings. The molecule has 25 heavy (non-hydrogen) atoms. The van der Waals surface area contributed by atoms with Gasteiger partial charge in [0.25, 0.3) is 0 Å². The number of aromatic nitrogens is 6. The van der Waals surface area contributed by atoms with Crippen molar-refractivity contribution in [2.45, 2.75) is 32.4 Å². The Balaban J connectivity index is 1.56. The van der Waals surface area contributed by atoms with Gasteiger partial charge >= 0.3 is 0 Å². The molecular formula is C16H20N8S. The summed E-state index contributed by atoms with van der Waals surface area (Å²) in [5.74, 6) is 1.53. The molecule has 1 aliphatic heterocycles. The van der Waals surface area contributed by atoms with Gasteiger partial charge in [0, 0.05) is 31.4 Å². The highest BCUT2D eigenvalue weighted by Gasteiger charge is 2.28. The third-order valence-electron chi connectivity index (χ3n) is 4.30. The second-order valence-corrected chi connectivity index (χ2v) is 7.08. The number of hydrogen-bond donors (Lipinski definition) is 1. The van der Waals surface area contributed by atoms with E-state index in [4.69, 9.17) is 4.98 Å². The molecule has 8 nitrogen and oxygen atoms in total. The second kappa shape index (κ2) is 6.85. The molecule has 0 aliphatic carbocycles. The number of aryl methyl sites for hydroxylation is 2. The average Bonchev–Trinajstić information content (AvgIpc) is 3.30. The van der Waals surface area contributed by atoms with Gasteiger partial charge in [0.05, 0.1) is 17.9 Å². The molecule has 0 radical (unpaired) electrons. The van der Waals surface area contributed by atoms with E-state index in [9.17, 15) is 0 Å². The normalized spacial score (nSPS) is 17.9. The summed E-state index contributed by atoms with van der Waals surface area (Å²) in [5.41, 5.74) is 3.98. The number of anilines is 2. The van der Waals surface area contributed by atoms with Gasteiger partial charge in [-0.15, -0.1) is 10.2 Å². The molecule has 0 aromatic carbocycles. The molecule has 1 N–H and O–H groups in total. The molecular weight excluding hydrogens is 336 g/mol. The standard InChI is InChI=1S/C16H20N8S/c1-11-19-13(6-15(20-11)21-16-22-17-10-25-16)14-4-3-5-24(14)9-12-7-18-23(2)8-12/h6-8,10,14H,3-5,9H2,1-2H3,(H,19,20,21,22)/t14-/m1/s1. The van der Waals surface area contributed by atoms with Crippen molar-refractivity contribution in [3.63, 3.8) is 0 Å². The highest BCUT2D eigenvalue weighted by molar-refractivity contribution is 7.13. The van der Waals surface area contributed by atoms with Crippen LogP contribution in [0.4, 0.5) is 10.9 Å². The van der Waals surface area contributed by atoms with Crippen LogP contribution < -0.4 is 5.32 Å². The Hall–Kier alpha value is -2.39. The smallest absolute Gasteiger partial charge is 0.210 e. The molecule has 0 amide bonds. The van der Waals surface area contributed by atoms with Crippen LogP contribution in [0.5, 0.6) is 0 Å². The summed E-state index contributed by atoms with van der Waals surface area (Å²) in [4.78, 5) is 11.6. The second-order valence-electron chi connectivity index (χ2n) is 6.24. The van der Waals surface area contributed by atoms with Crippen molar-refractivity contribution in [3.05, 3.63) is 41.1 Å².